The molecule has 1 fully saturated rings. The van der Waals surface area contributed by atoms with Crippen LogP contribution in [0.3, 0.4) is 0 Å². The summed E-state index contributed by atoms with van der Waals surface area (Å²) < 4.78 is 35.9. The normalized spacial score (nSPS) is 14.9. The molecule has 0 unspecified atom stereocenters. The molecule has 1 heterocycles. The summed E-state index contributed by atoms with van der Waals surface area (Å²) in [5, 5.41) is 2.13. The van der Waals surface area contributed by atoms with Crippen molar-refractivity contribution in [3.63, 3.8) is 0 Å². The SMILES string of the molecule is COc1cc(/C=C2\SC(=O)N(Cc3ccc4ccccc4c3)C2=O)ccc1OS(=O)(=O)c1ccc(Cl)cc1. The second-order valence-electron chi connectivity index (χ2n) is 8.35. The van der Waals surface area contributed by atoms with Gasteiger partial charge in [-0.15, -0.1) is 0 Å². The molecule has 7 nitrogen and oxygen atoms in total. The first-order valence-electron chi connectivity index (χ1n) is 11.3. The Hall–Kier alpha value is -3.79. The van der Waals surface area contributed by atoms with E-state index in [2.05, 4.69) is 0 Å². The Kier molecular flexibility index (Phi) is 7.16. The molecule has 1 aliphatic heterocycles. The van der Waals surface area contributed by atoms with Gasteiger partial charge in [0.15, 0.2) is 11.5 Å². The van der Waals surface area contributed by atoms with E-state index < -0.39 is 16.0 Å². The Morgan fingerprint density at radius 2 is 1.63 bits per heavy atom. The number of ether oxygens (including phenoxy) is 1. The van der Waals surface area contributed by atoms with E-state index in [1.54, 1.807) is 12.1 Å². The number of carbonyl (C=O) groups excluding carboxylic acids is 2. The van der Waals surface area contributed by atoms with E-state index in [1.807, 2.05) is 42.5 Å². The van der Waals surface area contributed by atoms with Crippen molar-refractivity contribution in [2.24, 2.45) is 0 Å². The van der Waals surface area contributed by atoms with Gasteiger partial charge in [-0.3, -0.25) is 14.5 Å². The number of amides is 2. The summed E-state index contributed by atoms with van der Waals surface area (Å²) in [6.07, 6.45) is 1.56. The number of carbonyl (C=O) groups is 2. The number of methoxy groups -OCH3 is 1. The number of hydrogen-bond donors (Lipinski definition) is 0. The molecule has 0 N–H and O–H groups in total. The van der Waals surface area contributed by atoms with Crippen LogP contribution in [0.1, 0.15) is 11.1 Å². The number of fused-ring (bicyclic) bond motifs is 1. The molecule has 0 aromatic heterocycles. The van der Waals surface area contributed by atoms with E-state index in [4.69, 9.17) is 20.5 Å². The largest absolute Gasteiger partial charge is 0.493 e. The van der Waals surface area contributed by atoms with Crippen LogP contribution in [0.2, 0.25) is 5.02 Å². The van der Waals surface area contributed by atoms with E-state index in [0.717, 1.165) is 28.1 Å². The molecule has 1 aliphatic rings. The highest BCUT2D eigenvalue weighted by molar-refractivity contribution is 8.18. The third-order valence-electron chi connectivity index (χ3n) is 5.82. The molecule has 192 valence electrons. The molecule has 4 aromatic rings. The van der Waals surface area contributed by atoms with Crippen molar-refractivity contribution in [2.45, 2.75) is 11.4 Å². The van der Waals surface area contributed by atoms with Gasteiger partial charge in [0.25, 0.3) is 11.1 Å². The van der Waals surface area contributed by atoms with E-state index in [9.17, 15) is 18.0 Å². The first-order valence-corrected chi connectivity index (χ1v) is 13.9. The Morgan fingerprint density at radius 1 is 0.895 bits per heavy atom. The smallest absolute Gasteiger partial charge is 0.339 e. The molecule has 38 heavy (non-hydrogen) atoms. The highest BCUT2D eigenvalue weighted by Crippen LogP contribution is 2.36. The van der Waals surface area contributed by atoms with Crippen molar-refractivity contribution in [1.29, 1.82) is 0 Å². The molecule has 0 spiro atoms. The number of halogens is 1. The number of rotatable bonds is 7. The molecule has 5 rings (SSSR count). The second kappa shape index (κ2) is 10.5. The van der Waals surface area contributed by atoms with Crippen LogP contribution in [-0.4, -0.2) is 31.6 Å². The first kappa shape index (κ1) is 25.8. The standard InChI is InChI=1S/C28H20ClNO6S2/c1-35-25-15-18(7-13-24(25)36-38(33,34)23-11-9-22(29)10-12-23)16-26-27(31)30(28(32)37-26)17-19-6-8-20-4-2-3-5-21(20)14-19/h2-16H,17H2,1H3/b26-16-. The van der Waals surface area contributed by atoms with Crippen LogP contribution in [0, 0.1) is 0 Å². The Bertz CT molecular complexity index is 1700. The van der Waals surface area contributed by atoms with Crippen molar-refractivity contribution < 1.29 is 26.9 Å². The maximum atomic E-state index is 13.0. The van der Waals surface area contributed by atoms with Gasteiger partial charge in [0, 0.05) is 5.02 Å². The molecule has 0 atom stereocenters. The summed E-state index contributed by atoms with van der Waals surface area (Å²) in [6, 6.07) is 23.8. The lowest BCUT2D eigenvalue weighted by Gasteiger charge is -2.13. The van der Waals surface area contributed by atoms with E-state index in [0.29, 0.717) is 10.6 Å². The molecular weight excluding hydrogens is 546 g/mol. The quantitative estimate of drug-likeness (QED) is 0.186. The van der Waals surface area contributed by atoms with Gasteiger partial charge in [-0.2, -0.15) is 8.42 Å². The fourth-order valence-corrected chi connectivity index (χ4v) is 5.82. The number of thioether (sulfide) groups is 1. The predicted molar refractivity (Wildman–Crippen MR) is 148 cm³/mol. The number of nitrogens with zero attached hydrogens (tertiary/aromatic N) is 1. The molecule has 4 aromatic carbocycles. The third kappa shape index (κ3) is 5.40. The van der Waals surface area contributed by atoms with Crippen LogP contribution in [-0.2, 0) is 21.5 Å². The Labute approximate surface area is 228 Å². The van der Waals surface area contributed by atoms with Gasteiger partial charge in [0.1, 0.15) is 4.90 Å². The first-order chi connectivity index (χ1) is 18.2. The fourth-order valence-electron chi connectivity index (χ4n) is 3.92. The summed E-state index contributed by atoms with van der Waals surface area (Å²) in [6.45, 7) is 0.158. The van der Waals surface area contributed by atoms with Crippen LogP contribution in [0.4, 0.5) is 4.79 Å². The zero-order valence-corrected chi connectivity index (χ0v) is 22.3. The minimum atomic E-state index is -4.13. The van der Waals surface area contributed by atoms with Crippen molar-refractivity contribution in [2.75, 3.05) is 7.11 Å². The van der Waals surface area contributed by atoms with Crippen molar-refractivity contribution in [3.8, 4) is 11.5 Å². The molecule has 0 aliphatic carbocycles. The highest BCUT2D eigenvalue weighted by Gasteiger charge is 2.35. The van der Waals surface area contributed by atoms with Gasteiger partial charge in [-0.1, -0.05) is 54.1 Å². The predicted octanol–water partition coefficient (Wildman–Crippen LogP) is 6.51. The molecule has 0 bridgehead atoms. The summed E-state index contributed by atoms with van der Waals surface area (Å²) >= 11 is 6.68. The van der Waals surface area contributed by atoms with E-state index >= 15 is 0 Å². The Morgan fingerprint density at radius 3 is 2.37 bits per heavy atom. The van der Waals surface area contributed by atoms with Gasteiger partial charge in [0.05, 0.1) is 18.6 Å². The minimum absolute atomic E-state index is 0.0241. The summed E-state index contributed by atoms with van der Waals surface area (Å²) in [4.78, 5) is 27.1. The van der Waals surface area contributed by atoms with Crippen LogP contribution in [0.5, 0.6) is 11.5 Å². The number of benzene rings is 4. The number of hydrogen-bond acceptors (Lipinski definition) is 7. The molecule has 10 heteroatoms. The topological polar surface area (TPSA) is 90.0 Å². The summed E-state index contributed by atoms with van der Waals surface area (Å²) in [5.41, 5.74) is 1.38. The van der Waals surface area contributed by atoms with Gasteiger partial charge in [-0.25, -0.2) is 0 Å². The summed E-state index contributed by atoms with van der Waals surface area (Å²) in [5.74, 6) is -0.284. The van der Waals surface area contributed by atoms with E-state index in [-0.39, 0.29) is 33.1 Å². The van der Waals surface area contributed by atoms with Crippen molar-refractivity contribution in [1.82, 2.24) is 4.90 Å². The van der Waals surface area contributed by atoms with Crippen LogP contribution >= 0.6 is 23.4 Å². The second-order valence-corrected chi connectivity index (χ2v) is 11.3. The van der Waals surface area contributed by atoms with Gasteiger partial charge in [0.2, 0.25) is 0 Å². The zero-order valence-electron chi connectivity index (χ0n) is 20.0. The average Bonchev–Trinajstić information content (AvgIpc) is 3.16. The van der Waals surface area contributed by atoms with Crippen molar-refractivity contribution in [3.05, 3.63) is 106 Å². The molecule has 1 saturated heterocycles. The average molecular weight is 566 g/mol. The minimum Gasteiger partial charge on any atom is -0.493 e. The molecular formula is C28H20ClNO6S2. The van der Waals surface area contributed by atoms with Gasteiger partial charge in [-0.05, 0) is 82.2 Å². The highest BCUT2D eigenvalue weighted by atomic mass is 35.5. The lowest BCUT2D eigenvalue weighted by molar-refractivity contribution is -0.123. The van der Waals surface area contributed by atoms with Gasteiger partial charge >= 0.3 is 10.1 Å². The monoisotopic (exact) mass is 565 g/mol. The van der Waals surface area contributed by atoms with Crippen molar-refractivity contribution >= 4 is 61.5 Å². The van der Waals surface area contributed by atoms with Gasteiger partial charge < -0.3 is 8.92 Å². The number of imide groups is 1. The molecule has 0 radical (unpaired) electrons. The lowest BCUT2D eigenvalue weighted by Crippen LogP contribution is -2.27. The Balaban J connectivity index is 1.35. The lowest BCUT2D eigenvalue weighted by atomic mass is 10.1. The third-order valence-corrected chi connectivity index (χ3v) is 8.22. The molecule has 2 amide bonds. The molecule has 0 saturated carbocycles. The maximum Gasteiger partial charge on any atom is 0.339 e. The van der Waals surface area contributed by atoms with Crippen LogP contribution < -0.4 is 8.92 Å². The summed E-state index contributed by atoms with van der Waals surface area (Å²) in [7, 11) is -2.76. The van der Waals surface area contributed by atoms with Crippen LogP contribution in [0.15, 0.2) is 94.7 Å². The maximum absolute atomic E-state index is 13.0. The van der Waals surface area contributed by atoms with E-state index in [1.165, 1.54) is 48.4 Å². The van der Waals surface area contributed by atoms with Crippen LogP contribution in [0.25, 0.3) is 16.8 Å². The zero-order chi connectivity index (χ0) is 26.9. The fraction of sp³-hybridized carbons (Fsp3) is 0.0714.